The highest BCUT2D eigenvalue weighted by Gasteiger charge is 2.43. The maximum Gasteiger partial charge on any atom is 0.315 e. The van der Waals surface area contributed by atoms with Crippen molar-refractivity contribution in [2.75, 3.05) is 0 Å². The van der Waals surface area contributed by atoms with E-state index in [1.165, 1.54) is 6.07 Å². The molecule has 0 atom stereocenters. The van der Waals surface area contributed by atoms with Crippen LogP contribution in [0.4, 0.5) is 4.39 Å². The van der Waals surface area contributed by atoms with E-state index in [1.807, 2.05) is 0 Å². The van der Waals surface area contributed by atoms with E-state index < -0.39 is 11.3 Å². The predicted molar refractivity (Wildman–Crippen MR) is 68.5 cm³/mol. The third-order valence-electron chi connectivity index (χ3n) is 3.91. The van der Waals surface area contributed by atoms with Crippen molar-refractivity contribution >= 4 is 5.91 Å². The van der Waals surface area contributed by atoms with Gasteiger partial charge in [0, 0.05) is 5.56 Å². The van der Waals surface area contributed by atoms with E-state index in [1.54, 1.807) is 18.2 Å². The van der Waals surface area contributed by atoms with E-state index in [0.717, 1.165) is 25.7 Å². The minimum Gasteiger partial charge on any atom is -0.361 e. The second-order valence-electron chi connectivity index (χ2n) is 5.06. The van der Waals surface area contributed by atoms with Crippen LogP contribution in [0.1, 0.15) is 47.8 Å². The van der Waals surface area contributed by atoms with Gasteiger partial charge in [-0.25, -0.2) is 4.39 Å². The zero-order valence-electron chi connectivity index (χ0n) is 10.8. The smallest absolute Gasteiger partial charge is 0.315 e. The molecule has 1 amide bonds. The number of amides is 1. The average molecular weight is 275 g/mol. The minimum atomic E-state index is -0.773. The summed E-state index contributed by atoms with van der Waals surface area (Å²) in [6.45, 7) is 0. The number of halogens is 1. The molecule has 1 aliphatic carbocycles. The van der Waals surface area contributed by atoms with Crippen molar-refractivity contribution in [2.45, 2.75) is 31.1 Å². The average Bonchev–Trinajstić information content (AvgIpc) is 3.09. The summed E-state index contributed by atoms with van der Waals surface area (Å²) in [6, 6.07) is 6.59. The van der Waals surface area contributed by atoms with Gasteiger partial charge in [-0.3, -0.25) is 4.79 Å². The topological polar surface area (TPSA) is 82.0 Å². The number of primary amides is 1. The Morgan fingerprint density at radius 2 is 2.00 bits per heavy atom. The Morgan fingerprint density at radius 1 is 1.30 bits per heavy atom. The number of benzene rings is 1. The summed E-state index contributed by atoms with van der Waals surface area (Å²) in [5, 5.41) is 3.86. The molecule has 5 nitrogen and oxygen atoms in total. The fourth-order valence-corrected chi connectivity index (χ4v) is 2.96. The Labute approximate surface area is 115 Å². The number of carbonyl (C=O) groups excluding carboxylic acids is 1. The molecule has 2 aromatic rings. The van der Waals surface area contributed by atoms with E-state index in [-0.39, 0.29) is 11.7 Å². The fourth-order valence-electron chi connectivity index (χ4n) is 2.96. The van der Waals surface area contributed by atoms with Gasteiger partial charge in [-0.2, -0.15) is 4.98 Å². The number of nitrogens with zero attached hydrogens (tertiary/aromatic N) is 2. The molecule has 0 bridgehead atoms. The van der Waals surface area contributed by atoms with E-state index in [9.17, 15) is 9.18 Å². The van der Waals surface area contributed by atoms with Crippen LogP contribution in [0.5, 0.6) is 0 Å². The van der Waals surface area contributed by atoms with E-state index in [4.69, 9.17) is 10.3 Å². The Balaban J connectivity index is 2.12. The van der Waals surface area contributed by atoms with Crippen LogP contribution < -0.4 is 5.73 Å². The van der Waals surface area contributed by atoms with Crippen LogP contribution in [0.25, 0.3) is 0 Å². The first-order valence-electron chi connectivity index (χ1n) is 6.52. The summed E-state index contributed by atoms with van der Waals surface area (Å²) in [7, 11) is 0. The molecule has 20 heavy (non-hydrogen) atoms. The van der Waals surface area contributed by atoms with E-state index in [0.29, 0.717) is 11.4 Å². The second kappa shape index (κ2) is 4.70. The molecule has 1 aromatic heterocycles. The molecule has 1 aromatic carbocycles. The molecule has 1 saturated carbocycles. The molecule has 1 aliphatic rings. The second-order valence-corrected chi connectivity index (χ2v) is 5.06. The van der Waals surface area contributed by atoms with Crippen molar-refractivity contribution in [2.24, 2.45) is 5.73 Å². The van der Waals surface area contributed by atoms with Gasteiger partial charge in [0.15, 0.2) is 5.82 Å². The molecule has 3 rings (SSSR count). The molecule has 1 heterocycles. The van der Waals surface area contributed by atoms with Gasteiger partial charge in [0.25, 0.3) is 0 Å². The summed E-state index contributed by atoms with van der Waals surface area (Å²) < 4.78 is 19.0. The van der Waals surface area contributed by atoms with Gasteiger partial charge in [-0.05, 0) is 18.9 Å². The molecule has 6 heteroatoms. The van der Waals surface area contributed by atoms with Crippen LogP contribution in [0.3, 0.4) is 0 Å². The third-order valence-corrected chi connectivity index (χ3v) is 3.91. The SMILES string of the molecule is NC(=O)c1nc(C2(c3ccccc3F)CCCC2)no1. The van der Waals surface area contributed by atoms with Gasteiger partial charge in [-0.1, -0.05) is 36.2 Å². The molecule has 0 aliphatic heterocycles. The molecule has 0 unspecified atom stereocenters. The number of nitrogens with two attached hydrogens (primary N) is 1. The summed E-state index contributed by atoms with van der Waals surface area (Å²) in [5.74, 6) is -0.957. The molecule has 0 radical (unpaired) electrons. The standard InChI is InChI=1S/C14H14FN3O2/c15-10-6-2-1-5-9(10)14(7-3-4-8-14)13-17-12(11(16)19)20-18-13/h1-2,5-6H,3-4,7-8H2,(H2,16,19). The van der Waals surface area contributed by atoms with Crippen molar-refractivity contribution in [3.05, 3.63) is 47.4 Å². The first kappa shape index (κ1) is 12.8. The van der Waals surface area contributed by atoms with Crippen molar-refractivity contribution < 1.29 is 13.7 Å². The Morgan fingerprint density at radius 3 is 2.60 bits per heavy atom. The minimum absolute atomic E-state index is 0.234. The van der Waals surface area contributed by atoms with Gasteiger partial charge < -0.3 is 10.3 Å². The zero-order chi connectivity index (χ0) is 14.2. The number of rotatable bonds is 3. The summed E-state index contributed by atoms with van der Waals surface area (Å²) in [5.41, 5.74) is 5.06. The van der Waals surface area contributed by atoms with Gasteiger partial charge in [-0.15, -0.1) is 0 Å². The lowest BCUT2D eigenvalue weighted by Crippen LogP contribution is -2.27. The molecule has 104 valence electrons. The Hall–Kier alpha value is -2.24. The van der Waals surface area contributed by atoms with Crippen LogP contribution in [-0.2, 0) is 5.41 Å². The highest BCUT2D eigenvalue weighted by molar-refractivity contribution is 5.87. The van der Waals surface area contributed by atoms with Crippen molar-refractivity contribution in [3.8, 4) is 0 Å². The highest BCUT2D eigenvalue weighted by Crippen LogP contribution is 2.45. The number of hydrogen-bond acceptors (Lipinski definition) is 4. The van der Waals surface area contributed by atoms with E-state index in [2.05, 4.69) is 10.1 Å². The van der Waals surface area contributed by atoms with Gasteiger partial charge in [0.1, 0.15) is 5.82 Å². The third kappa shape index (κ3) is 1.88. The molecular weight excluding hydrogens is 261 g/mol. The lowest BCUT2D eigenvalue weighted by molar-refractivity contribution is 0.0958. The largest absolute Gasteiger partial charge is 0.361 e. The fraction of sp³-hybridized carbons (Fsp3) is 0.357. The van der Waals surface area contributed by atoms with Crippen LogP contribution in [0, 0.1) is 5.82 Å². The predicted octanol–water partition coefficient (Wildman–Crippen LogP) is 2.17. The highest BCUT2D eigenvalue weighted by atomic mass is 19.1. The monoisotopic (exact) mass is 275 g/mol. The molecule has 0 saturated heterocycles. The van der Waals surface area contributed by atoms with Gasteiger partial charge in [0.05, 0.1) is 5.41 Å². The van der Waals surface area contributed by atoms with Crippen LogP contribution in [0.2, 0.25) is 0 Å². The summed E-state index contributed by atoms with van der Waals surface area (Å²) >= 11 is 0. The maximum absolute atomic E-state index is 14.2. The number of carbonyl (C=O) groups is 1. The van der Waals surface area contributed by atoms with E-state index >= 15 is 0 Å². The summed E-state index contributed by atoms with van der Waals surface area (Å²) in [6.07, 6.45) is 3.36. The first-order valence-corrected chi connectivity index (χ1v) is 6.52. The lowest BCUT2D eigenvalue weighted by Gasteiger charge is -2.26. The lowest BCUT2D eigenvalue weighted by atomic mass is 9.78. The Bertz CT molecular complexity index is 647. The number of aromatic nitrogens is 2. The van der Waals surface area contributed by atoms with Gasteiger partial charge in [0.2, 0.25) is 0 Å². The molecule has 2 N–H and O–H groups in total. The summed E-state index contributed by atoms with van der Waals surface area (Å²) in [4.78, 5) is 15.2. The molecular formula is C14H14FN3O2. The number of hydrogen-bond donors (Lipinski definition) is 1. The normalized spacial score (nSPS) is 17.2. The van der Waals surface area contributed by atoms with Crippen molar-refractivity contribution in [3.63, 3.8) is 0 Å². The first-order chi connectivity index (χ1) is 9.63. The van der Waals surface area contributed by atoms with Crippen molar-refractivity contribution in [1.29, 1.82) is 0 Å². The zero-order valence-corrected chi connectivity index (χ0v) is 10.8. The van der Waals surface area contributed by atoms with Crippen LogP contribution in [-0.4, -0.2) is 16.0 Å². The van der Waals surface area contributed by atoms with Gasteiger partial charge >= 0.3 is 11.8 Å². The molecule has 1 fully saturated rings. The van der Waals surface area contributed by atoms with Crippen LogP contribution >= 0.6 is 0 Å². The maximum atomic E-state index is 14.2. The Kier molecular flexibility index (Phi) is 3.00. The van der Waals surface area contributed by atoms with Crippen LogP contribution in [0.15, 0.2) is 28.8 Å². The van der Waals surface area contributed by atoms with Crippen molar-refractivity contribution in [1.82, 2.24) is 10.1 Å². The quantitative estimate of drug-likeness (QED) is 0.930. The molecule has 0 spiro atoms.